The highest BCUT2D eigenvalue weighted by Gasteiger charge is 2.55. The van der Waals surface area contributed by atoms with Crippen molar-refractivity contribution in [3.05, 3.63) is 125 Å². The quantitative estimate of drug-likeness (QED) is 0.110. The zero-order chi connectivity index (χ0) is 39.0. The van der Waals surface area contributed by atoms with Crippen molar-refractivity contribution in [2.75, 3.05) is 17.7 Å². The van der Waals surface area contributed by atoms with Crippen molar-refractivity contribution in [2.24, 2.45) is 23.7 Å². The molecule has 3 aliphatic rings. The van der Waals surface area contributed by atoms with Crippen LogP contribution in [0.15, 0.2) is 96.6 Å². The Hall–Kier alpha value is -5.72. The minimum atomic E-state index is -4.96. The third kappa shape index (κ3) is 8.06. The molecule has 55 heavy (non-hydrogen) atoms. The summed E-state index contributed by atoms with van der Waals surface area (Å²) < 4.78 is 80.9. The van der Waals surface area contributed by atoms with E-state index >= 15 is 4.39 Å². The molecule has 8 nitrogen and oxygen atoms in total. The van der Waals surface area contributed by atoms with Crippen LogP contribution in [0.5, 0.6) is 5.75 Å². The summed E-state index contributed by atoms with van der Waals surface area (Å²) in [5.74, 6) is -3.92. The maximum Gasteiger partial charge on any atom is 0.419 e. The van der Waals surface area contributed by atoms with Gasteiger partial charge in [-0.25, -0.2) is 13.6 Å². The molecule has 1 unspecified atom stereocenters. The lowest BCUT2D eigenvalue weighted by molar-refractivity contribution is -0.140. The predicted octanol–water partition coefficient (Wildman–Crippen LogP) is 9.70. The average molecular weight is 760 g/mol. The van der Waals surface area contributed by atoms with E-state index in [0.29, 0.717) is 47.7 Å². The Labute approximate surface area is 314 Å². The smallest absolute Gasteiger partial charge is 0.419 e. The Bertz CT molecular complexity index is 2150. The average Bonchev–Trinajstić information content (AvgIpc) is 3.83. The van der Waals surface area contributed by atoms with Crippen molar-refractivity contribution in [1.29, 1.82) is 0 Å². The number of carbonyl (C=O) groups is 3. The molecule has 0 aromatic heterocycles. The number of hydrogen-bond acceptors (Lipinski definition) is 5. The highest BCUT2D eigenvalue weighted by molar-refractivity contribution is 6.00. The van der Waals surface area contributed by atoms with Crippen LogP contribution < -0.4 is 20.7 Å². The second kappa shape index (κ2) is 15.2. The van der Waals surface area contributed by atoms with Crippen LogP contribution in [-0.4, -0.2) is 31.1 Å². The van der Waals surface area contributed by atoms with Gasteiger partial charge in [-0.2, -0.15) is 13.2 Å². The van der Waals surface area contributed by atoms with Gasteiger partial charge < -0.3 is 20.1 Å². The Kier molecular flexibility index (Phi) is 10.4. The van der Waals surface area contributed by atoms with Gasteiger partial charge in [-0.1, -0.05) is 42.0 Å². The summed E-state index contributed by atoms with van der Waals surface area (Å²) in [6.45, 7) is 1.65. The number of para-hydroxylation sites is 1. The summed E-state index contributed by atoms with van der Waals surface area (Å²) in [5, 5.41) is 8.23. The lowest BCUT2D eigenvalue weighted by Crippen LogP contribution is -2.48. The third-order valence-electron chi connectivity index (χ3n) is 10.6. The molecule has 0 spiro atoms. The Balaban J connectivity index is 1.14. The minimum Gasteiger partial charge on any atom is -0.496 e. The third-order valence-corrected chi connectivity index (χ3v) is 10.6. The van der Waals surface area contributed by atoms with Crippen molar-refractivity contribution in [3.63, 3.8) is 0 Å². The molecule has 3 saturated carbocycles. The molecule has 0 saturated heterocycles. The maximum absolute atomic E-state index is 15.4. The summed E-state index contributed by atoms with van der Waals surface area (Å²) >= 11 is 0. The van der Waals surface area contributed by atoms with Crippen molar-refractivity contribution >= 4 is 29.3 Å². The molecule has 0 radical (unpaired) electrons. The molecular formula is C42H38F5N3O5. The predicted molar refractivity (Wildman–Crippen MR) is 195 cm³/mol. The number of fused-ring (bicyclic) bond motifs is 2. The van der Waals surface area contributed by atoms with Crippen LogP contribution in [-0.2, 0) is 15.7 Å². The Morgan fingerprint density at radius 2 is 1.55 bits per heavy atom. The SMILES string of the molecule is COc1ccc(-c2cc(C(C)OC(=O)Nc3ccccc3)ccc2F)cc1C(=O)N[C@H]1[C@@H](C(=O)Nc2ccc(F)c(C(F)(F)F)c2)[C@H]2CC[C@@H]1/C2=C\C1CC1. The first-order valence-corrected chi connectivity index (χ1v) is 18.0. The zero-order valence-electron chi connectivity index (χ0n) is 29.9. The van der Waals surface area contributed by atoms with Crippen molar-refractivity contribution < 1.29 is 45.8 Å². The van der Waals surface area contributed by atoms with Gasteiger partial charge in [0.1, 0.15) is 23.5 Å². The number of benzene rings is 4. The molecule has 286 valence electrons. The molecule has 3 aliphatic carbocycles. The number of amides is 3. The molecule has 7 rings (SSSR count). The minimum absolute atomic E-state index is 0.0688. The van der Waals surface area contributed by atoms with Gasteiger partial charge in [0.2, 0.25) is 5.91 Å². The summed E-state index contributed by atoms with van der Waals surface area (Å²) in [5.41, 5.74) is 0.920. The van der Waals surface area contributed by atoms with Gasteiger partial charge in [0, 0.05) is 28.9 Å². The maximum atomic E-state index is 15.4. The number of methoxy groups -OCH3 is 1. The lowest BCUT2D eigenvalue weighted by atomic mass is 9.83. The van der Waals surface area contributed by atoms with Crippen LogP contribution >= 0.6 is 0 Å². The standard InChI is InChI=1S/C42H38F5N3O5/c1-22(55-41(53)49-26-6-4-3-5-7-26)24-10-15-34(43)30(19-24)25-11-17-36(54-2)32(20-25)39(51)50-38-29-14-13-28(31(29)18-23-8-9-23)37(38)40(52)48-27-12-16-35(44)33(21-27)42(45,46)47/h3-7,10-12,15-23,28-29,37-38H,8-9,13-14H2,1-2H3,(H,48,52)(H,49,53)(H,50,51)/b31-18-/t22?,28-,29+,37-,38+/m0/s1. The molecule has 0 heterocycles. The van der Waals surface area contributed by atoms with Crippen LogP contribution in [0.4, 0.5) is 38.1 Å². The number of hydrogen-bond donors (Lipinski definition) is 3. The number of halogens is 5. The van der Waals surface area contributed by atoms with E-state index in [-0.39, 0.29) is 34.4 Å². The molecule has 3 fully saturated rings. The van der Waals surface area contributed by atoms with Crippen LogP contribution in [0.1, 0.15) is 60.2 Å². The number of rotatable bonds is 10. The molecular weight excluding hydrogens is 721 g/mol. The van der Waals surface area contributed by atoms with E-state index in [2.05, 4.69) is 22.0 Å². The summed E-state index contributed by atoms with van der Waals surface area (Å²) in [6, 6.07) is 19.2. The Morgan fingerprint density at radius 1 is 0.818 bits per heavy atom. The van der Waals surface area contributed by atoms with Crippen LogP contribution in [0.25, 0.3) is 11.1 Å². The van der Waals surface area contributed by atoms with E-state index in [9.17, 15) is 31.9 Å². The van der Waals surface area contributed by atoms with Gasteiger partial charge >= 0.3 is 12.3 Å². The molecule has 3 N–H and O–H groups in total. The van der Waals surface area contributed by atoms with E-state index < -0.39 is 59.3 Å². The normalized spacial score (nSPS) is 21.5. The highest BCUT2D eigenvalue weighted by Crippen LogP contribution is 2.54. The van der Waals surface area contributed by atoms with Gasteiger partial charge in [-0.15, -0.1) is 0 Å². The summed E-state index contributed by atoms with van der Waals surface area (Å²) in [7, 11) is 1.38. The molecule has 4 aromatic rings. The fourth-order valence-electron chi connectivity index (χ4n) is 7.80. The topological polar surface area (TPSA) is 106 Å². The molecule has 3 amide bonds. The lowest BCUT2D eigenvalue weighted by Gasteiger charge is -2.30. The van der Waals surface area contributed by atoms with Crippen LogP contribution in [0.3, 0.4) is 0 Å². The molecule has 2 bridgehead atoms. The number of nitrogens with one attached hydrogen (secondary N) is 3. The summed E-state index contributed by atoms with van der Waals surface area (Å²) in [4.78, 5) is 40.6. The van der Waals surface area contributed by atoms with Crippen molar-refractivity contribution in [2.45, 2.75) is 50.9 Å². The van der Waals surface area contributed by atoms with Gasteiger partial charge in [0.15, 0.2) is 0 Å². The van der Waals surface area contributed by atoms with Crippen molar-refractivity contribution in [3.8, 4) is 16.9 Å². The van der Waals surface area contributed by atoms with E-state index in [1.165, 1.54) is 37.4 Å². The number of anilines is 2. The van der Waals surface area contributed by atoms with E-state index in [1.54, 1.807) is 37.3 Å². The van der Waals surface area contributed by atoms with Crippen LogP contribution in [0.2, 0.25) is 0 Å². The van der Waals surface area contributed by atoms with Gasteiger partial charge in [-0.3, -0.25) is 14.9 Å². The van der Waals surface area contributed by atoms with Gasteiger partial charge in [-0.05, 0) is 110 Å². The fourth-order valence-corrected chi connectivity index (χ4v) is 7.80. The van der Waals surface area contributed by atoms with Crippen LogP contribution in [0, 0.1) is 35.3 Å². The number of alkyl halides is 3. The first kappa shape index (κ1) is 37.6. The largest absolute Gasteiger partial charge is 0.496 e. The Morgan fingerprint density at radius 3 is 2.25 bits per heavy atom. The molecule has 0 aliphatic heterocycles. The van der Waals surface area contributed by atoms with E-state index in [0.717, 1.165) is 24.5 Å². The first-order valence-electron chi connectivity index (χ1n) is 18.0. The van der Waals surface area contributed by atoms with Crippen molar-refractivity contribution in [1.82, 2.24) is 5.32 Å². The second-order valence-electron chi connectivity index (χ2n) is 14.2. The summed E-state index contributed by atoms with van der Waals surface area (Å²) in [6.07, 6.45) is -0.864. The second-order valence-corrected chi connectivity index (χ2v) is 14.2. The molecule has 5 atom stereocenters. The van der Waals surface area contributed by atoms with E-state index in [1.807, 2.05) is 6.07 Å². The fraction of sp³-hybridized carbons (Fsp3) is 0.310. The first-order chi connectivity index (χ1) is 26.3. The number of carbonyl (C=O) groups excluding carboxylic acids is 3. The van der Waals surface area contributed by atoms with Gasteiger partial charge in [0.25, 0.3) is 5.91 Å². The molecule has 13 heteroatoms. The highest BCUT2D eigenvalue weighted by atomic mass is 19.4. The van der Waals surface area contributed by atoms with Gasteiger partial charge in [0.05, 0.1) is 24.2 Å². The number of ether oxygens (including phenoxy) is 2. The number of allylic oxidation sites excluding steroid dienone is 1. The monoisotopic (exact) mass is 759 g/mol. The molecule has 4 aromatic carbocycles. The van der Waals surface area contributed by atoms with E-state index in [4.69, 9.17) is 9.47 Å². The zero-order valence-corrected chi connectivity index (χ0v) is 29.9.